The number of para-hydroxylation sites is 1. The van der Waals surface area contributed by atoms with Crippen molar-refractivity contribution in [1.29, 1.82) is 0 Å². The summed E-state index contributed by atoms with van der Waals surface area (Å²) in [6, 6.07) is 15.0. The van der Waals surface area contributed by atoms with Crippen molar-refractivity contribution >= 4 is 40.3 Å². The van der Waals surface area contributed by atoms with Gasteiger partial charge in [-0.15, -0.1) is 0 Å². The lowest BCUT2D eigenvalue weighted by atomic mass is 10.1. The zero-order valence-corrected chi connectivity index (χ0v) is 18.3. The van der Waals surface area contributed by atoms with Gasteiger partial charge in [0.15, 0.2) is 16.7 Å². The fourth-order valence-corrected chi connectivity index (χ4v) is 4.13. The SMILES string of the molecule is CCOc1cc([N+](=O)[O-])cc(/C=C2\SC(=Nc3ccccc3)N(Cc3ccco3)C2=O)c1O. The number of carbonyl (C=O) groups excluding carboxylic acids is 1. The summed E-state index contributed by atoms with van der Waals surface area (Å²) >= 11 is 1.10. The molecule has 0 aliphatic carbocycles. The lowest BCUT2D eigenvalue weighted by Crippen LogP contribution is -2.28. The number of furan rings is 1. The van der Waals surface area contributed by atoms with Crippen molar-refractivity contribution in [3.63, 3.8) is 0 Å². The van der Waals surface area contributed by atoms with Crippen molar-refractivity contribution in [1.82, 2.24) is 4.90 Å². The Balaban J connectivity index is 1.76. The molecule has 33 heavy (non-hydrogen) atoms. The second kappa shape index (κ2) is 9.61. The van der Waals surface area contributed by atoms with E-state index in [-0.39, 0.29) is 46.7 Å². The second-order valence-corrected chi connectivity index (χ2v) is 7.89. The molecule has 1 N–H and O–H groups in total. The van der Waals surface area contributed by atoms with Gasteiger partial charge in [-0.3, -0.25) is 19.8 Å². The van der Waals surface area contributed by atoms with Gasteiger partial charge in [-0.2, -0.15) is 0 Å². The molecule has 0 radical (unpaired) electrons. The Kier molecular flexibility index (Phi) is 6.45. The van der Waals surface area contributed by atoms with Gasteiger partial charge >= 0.3 is 0 Å². The minimum Gasteiger partial charge on any atom is -0.504 e. The molecule has 1 aliphatic rings. The number of rotatable bonds is 7. The standard InChI is InChI=1S/C23H19N3O6S/c1-2-31-19-13-17(26(29)30)11-15(21(19)27)12-20-22(28)25(14-18-9-6-10-32-18)23(33-20)24-16-7-4-3-5-8-16/h3-13,27H,2,14H2,1H3/b20-12-,24-23?. The number of nitrogens with zero attached hydrogens (tertiary/aromatic N) is 3. The van der Waals surface area contributed by atoms with Gasteiger partial charge in [0.05, 0.1) is 41.0 Å². The van der Waals surface area contributed by atoms with E-state index in [0.717, 1.165) is 17.8 Å². The molecule has 1 saturated heterocycles. The zero-order valence-electron chi connectivity index (χ0n) is 17.5. The summed E-state index contributed by atoms with van der Waals surface area (Å²) in [7, 11) is 0. The maximum Gasteiger partial charge on any atom is 0.274 e. The fraction of sp³-hybridized carbons (Fsp3) is 0.130. The molecule has 2 aromatic carbocycles. The van der Waals surface area contributed by atoms with Gasteiger partial charge in [-0.1, -0.05) is 18.2 Å². The first-order chi connectivity index (χ1) is 16.0. The van der Waals surface area contributed by atoms with Crippen molar-refractivity contribution in [2.45, 2.75) is 13.5 Å². The number of ether oxygens (including phenoxy) is 1. The predicted molar refractivity (Wildman–Crippen MR) is 124 cm³/mol. The number of aliphatic imine (C=N–C) groups is 1. The van der Waals surface area contributed by atoms with Crippen molar-refractivity contribution < 1.29 is 24.0 Å². The molecule has 10 heteroatoms. The van der Waals surface area contributed by atoms with Crippen LogP contribution in [0.2, 0.25) is 0 Å². The number of phenolic OH excluding ortho intramolecular Hbond substituents is 1. The number of hydrogen-bond acceptors (Lipinski definition) is 8. The number of nitro groups is 1. The van der Waals surface area contributed by atoms with Crippen molar-refractivity contribution in [2.75, 3.05) is 6.61 Å². The average Bonchev–Trinajstić information content (AvgIpc) is 3.41. The zero-order chi connectivity index (χ0) is 23.4. The van der Waals surface area contributed by atoms with Gasteiger partial charge < -0.3 is 14.3 Å². The summed E-state index contributed by atoms with van der Waals surface area (Å²) in [6.07, 6.45) is 2.92. The Morgan fingerprint density at radius 2 is 2.03 bits per heavy atom. The third-order valence-electron chi connectivity index (χ3n) is 4.65. The number of aromatic hydroxyl groups is 1. The molecule has 0 saturated carbocycles. The van der Waals surface area contributed by atoms with Crippen molar-refractivity contribution in [3.8, 4) is 11.5 Å². The molecule has 2 heterocycles. The number of carbonyl (C=O) groups is 1. The van der Waals surface area contributed by atoms with Crippen LogP contribution in [0.15, 0.2) is 75.2 Å². The van der Waals surface area contributed by atoms with E-state index in [0.29, 0.717) is 16.6 Å². The van der Waals surface area contributed by atoms with Crippen LogP contribution in [0.25, 0.3) is 6.08 Å². The number of phenols is 1. The maximum absolute atomic E-state index is 13.2. The predicted octanol–water partition coefficient (Wildman–Crippen LogP) is 5.10. The van der Waals surface area contributed by atoms with Gasteiger partial charge in [0.2, 0.25) is 0 Å². The van der Waals surface area contributed by atoms with E-state index in [1.54, 1.807) is 19.1 Å². The monoisotopic (exact) mass is 465 g/mol. The molecule has 0 spiro atoms. The molecule has 0 bridgehead atoms. The molecular formula is C23H19N3O6S. The number of amides is 1. The van der Waals surface area contributed by atoms with Crippen LogP contribution in [-0.4, -0.2) is 32.6 Å². The Bertz CT molecular complexity index is 1240. The van der Waals surface area contributed by atoms with Gasteiger partial charge in [0.25, 0.3) is 11.6 Å². The lowest BCUT2D eigenvalue weighted by molar-refractivity contribution is -0.385. The third-order valence-corrected chi connectivity index (χ3v) is 5.66. The molecule has 3 aromatic rings. The van der Waals surface area contributed by atoms with Crippen LogP contribution in [0.5, 0.6) is 11.5 Å². The third kappa shape index (κ3) is 4.90. The van der Waals surface area contributed by atoms with Crippen LogP contribution in [-0.2, 0) is 11.3 Å². The van der Waals surface area contributed by atoms with Gasteiger partial charge in [0.1, 0.15) is 5.76 Å². The first-order valence-corrected chi connectivity index (χ1v) is 10.8. The summed E-state index contributed by atoms with van der Waals surface area (Å²) in [4.78, 5) is 30.3. The van der Waals surface area contributed by atoms with Crippen LogP contribution < -0.4 is 4.74 Å². The summed E-state index contributed by atoms with van der Waals surface area (Å²) in [5.41, 5.74) is 0.502. The Labute approximate surface area is 193 Å². The van der Waals surface area contributed by atoms with Crippen LogP contribution in [0, 0.1) is 10.1 Å². The maximum atomic E-state index is 13.2. The van der Waals surface area contributed by atoms with E-state index < -0.39 is 4.92 Å². The largest absolute Gasteiger partial charge is 0.504 e. The summed E-state index contributed by atoms with van der Waals surface area (Å²) in [5.74, 6) is -0.105. The first-order valence-electron chi connectivity index (χ1n) is 9.98. The first kappa shape index (κ1) is 22.2. The van der Waals surface area contributed by atoms with Crippen LogP contribution >= 0.6 is 11.8 Å². The minimum atomic E-state index is -0.584. The van der Waals surface area contributed by atoms with Crippen LogP contribution in [0.4, 0.5) is 11.4 Å². The van der Waals surface area contributed by atoms with E-state index in [2.05, 4.69) is 4.99 Å². The minimum absolute atomic E-state index is 0.0281. The highest BCUT2D eigenvalue weighted by Gasteiger charge is 2.34. The Hall–Kier alpha value is -4.05. The van der Waals surface area contributed by atoms with Crippen LogP contribution in [0.3, 0.4) is 0 Å². The molecule has 1 amide bonds. The highest BCUT2D eigenvalue weighted by molar-refractivity contribution is 8.18. The molecule has 1 aromatic heterocycles. The van der Waals surface area contributed by atoms with Gasteiger partial charge in [-0.05, 0) is 49.0 Å². The smallest absolute Gasteiger partial charge is 0.274 e. The quantitative estimate of drug-likeness (QED) is 0.293. The molecule has 9 nitrogen and oxygen atoms in total. The van der Waals surface area contributed by atoms with E-state index in [9.17, 15) is 20.0 Å². The highest BCUT2D eigenvalue weighted by Crippen LogP contribution is 2.40. The molecule has 0 unspecified atom stereocenters. The molecule has 1 fully saturated rings. The van der Waals surface area contributed by atoms with Gasteiger partial charge in [0, 0.05) is 11.6 Å². The molecule has 0 atom stereocenters. The second-order valence-electron chi connectivity index (χ2n) is 6.88. The number of non-ortho nitro benzene ring substituents is 1. The number of nitro benzene ring substituents is 1. The average molecular weight is 465 g/mol. The highest BCUT2D eigenvalue weighted by atomic mass is 32.2. The van der Waals surface area contributed by atoms with E-state index in [1.165, 1.54) is 23.3 Å². The van der Waals surface area contributed by atoms with Gasteiger partial charge in [-0.25, -0.2) is 4.99 Å². The number of hydrogen-bond donors (Lipinski definition) is 1. The fourth-order valence-electron chi connectivity index (χ4n) is 3.14. The Morgan fingerprint density at radius 3 is 2.70 bits per heavy atom. The molecular weight excluding hydrogens is 446 g/mol. The van der Waals surface area contributed by atoms with Crippen molar-refractivity contribution in [2.24, 2.45) is 4.99 Å². The molecule has 4 rings (SSSR count). The number of amidine groups is 1. The summed E-state index contributed by atoms with van der Waals surface area (Å²) in [6.45, 7) is 2.07. The molecule has 1 aliphatic heterocycles. The molecule has 168 valence electrons. The number of benzene rings is 2. The van der Waals surface area contributed by atoms with E-state index >= 15 is 0 Å². The lowest BCUT2D eigenvalue weighted by Gasteiger charge is -2.13. The number of thioether (sulfide) groups is 1. The summed E-state index contributed by atoms with van der Waals surface area (Å²) in [5, 5.41) is 22.3. The Morgan fingerprint density at radius 1 is 1.24 bits per heavy atom. The van der Waals surface area contributed by atoms with Crippen LogP contribution in [0.1, 0.15) is 18.2 Å². The summed E-state index contributed by atoms with van der Waals surface area (Å²) < 4.78 is 10.7. The van der Waals surface area contributed by atoms with E-state index in [1.807, 2.05) is 30.3 Å². The topological polar surface area (TPSA) is 118 Å². The normalized spacial score (nSPS) is 16.0. The van der Waals surface area contributed by atoms with Crippen molar-refractivity contribution in [3.05, 3.63) is 87.2 Å². The van der Waals surface area contributed by atoms with E-state index in [4.69, 9.17) is 9.15 Å².